The van der Waals surface area contributed by atoms with E-state index >= 15 is 0 Å². The van der Waals surface area contributed by atoms with Crippen molar-refractivity contribution in [1.82, 2.24) is 4.31 Å². The van der Waals surface area contributed by atoms with Crippen LogP contribution < -0.4 is 0 Å². The first-order valence-electron chi connectivity index (χ1n) is 6.23. The van der Waals surface area contributed by atoms with Gasteiger partial charge in [0.15, 0.2) is 0 Å². The SMILES string of the molecule is COC(=O)C1COCCN1S(=O)(=O)Cc1ccccc1. The summed E-state index contributed by atoms with van der Waals surface area (Å²) in [6.07, 6.45) is 0. The number of hydrogen-bond donors (Lipinski definition) is 0. The molecule has 0 bridgehead atoms. The van der Waals surface area contributed by atoms with Crippen molar-refractivity contribution in [2.75, 3.05) is 26.9 Å². The molecule has 0 aromatic heterocycles. The molecule has 0 aliphatic carbocycles. The number of carbonyl (C=O) groups is 1. The molecule has 0 spiro atoms. The molecule has 20 heavy (non-hydrogen) atoms. The smallest absolute Gasteiger partial charge is 0.326 e. The highest BCUT2D eigenvalue weighted by molar-refractivity contribution is 7.88. The van der Waals surface area contributed by atoms with E-state index in [1.54, 1.807) is 24.3 Å². The second-order valence-corrected chi connectivity index (χ2v) is 6.39. The van der Waals surface area contributed by atoms with Crippen LogP contribution in [0.2, 0.25) is 0 Å². The molecule has 1 saturated heterocycles. The number of carbonyl (C=O) groups excluding carboxylic acids is 1. The zero-order valence-electron chi connectivity index (χ0n) is 11.2. The van der Waals surface area contributed by atoms with Crippen LogP contribution in [0.15, 0.2) is 30.3 Å². The van der Waals surface area contributed by atoms with E-state index in [1.165, 1.54) is 11.4 Å². The molecule has 1 heterocycles. The van der Waals surface area contributed by atoms with Crippen LogP contribution in [0.25, 0.3) is 0 Å². The zero-order valence-corrected chi connectivity index (χ0v) is 12.0. The van der Waals surface area contributed by atoms with Crippen molar-refractivity contribution in [1.29, 1.82) is 0 Å². The lowest BCUT2D eigenvalue weighted by Crippen LogP contribution is -2.53. The Morgan fingerprint density at radius 1 is 1.40 bits per heavy atom. The van der Waals surface area contributed by atoms with Gasteiger partial charge in [-0.1, -0.05) is 30.3 Å². The molecule has 0 N–H and O–H groups in total. The Hall–Kier alpha value is -1.44. The van der Waals surface area contributed by atoms with E-state index in [0.29, 0.717) is 5.56 Å². The Labute approximate surface area is 118 Å². The fraction of sp³-hybridized carbons (Fsp3) is 0.462. The molecular formula is C13H17NO5S. The first-order valence-corrected chi connectivity index (χ1v) is 7.84. The fourth-order valence-electron chi connectivity index (χ4n) is 2.11. The zero-order chi connectivity index (χ0) is 14.6. The summed E-state index contributed by atoms with van der Waals surface area (Å²) in [4.78, 5) is 11.7. The lowest BCUT2D eigenvalue weighted by Gasteiger charge is -2.32. The van der Waals surface area contributed by atoms with Gasteiger partial charge in [0.1, 0.15) is 6.04 Å². The summed E-state index contributed by atoms with van der Waals surface area (Å²) >= 11 is 0. The molecule has 110 valence electrons. The van der Waals surface area contributed by atoms with Crippen molar-refractivity contribution in [3.8, 4) is 0 Å². The van der Waals surface area contributed by atoms with E-state index in [4.69, 9.17) is 4.74 Å². The second-order valence-electron chi connectivity index (χ2n) is 4.47. The van der Waals surface area contributed by atoms with Crippen LogP contribution in [0.1, 0.15) is 5.56 Å². The molecule has 1 aromatic carbocycles. The van der Waals surface area contributed by atoms with Gasteiger partial charge in [-0.2, -0.15) is 4.31 Å². The highest BCUT2D eigenvalue weighted by Crippen LogP contribution is 2.17. The predicted molar refractivity (Wildman–Crippen MR) is 72.4 cm³/mol. The van der Waals surface area contributed by atoms with Gasteiger partial charge in [0.25, 0.3) is 0 Å². The Morgan fingerprint density at radius 3 is 2.75 bits per heavy atom. The molecule has 0 saturated carbocycles. The predicted octanol–water partition coefficient (Wildman–Crippen LogP) is 0.390. The lowest BCUT2D eigenvalue weighted by atomic mass is 10.2. The number of nitrogens with zero attached hydrogens (tertiary/aromatic N) is 1. The van der Waals surface area contributed by atoms with E-state index in [0.717, 1.165) is 0 Å². The van der Waals surface area contributed by atoms with Crippen molar-refractivity contribution in [2.24, 2.45) is 0 Å². The van der Waals surface area contributed by atoms with E-state index in [9.17, 15) is 13.2 Å². The summed E-state index contributed by atoms with van der Waals surface area (Å²) in [5, 5.41) is 0. The first kappa shape index (κ1) is 15.0. The average Bonchev–Trinajstić information content (AvgIpc) is 2.47. The third kappa shape index (κ3) is 3.36. The van der Waals surface area contributed by atoms with E-state index in [2.05, 4.69) is 4.74 Å². The number of esters is 1. The van der Waals surface area contributed by atoms with Crippen molar-refractivity contribution < 1.29 is 22.7 Å². The monoisotopic (exact) mass is 299 g/mol. The van der Waals surface area contributed by atoms with Crippen molar-refractivity contribution >= 4 is 16.0 Å². The highest BCUT2D eigenvalue weighted by Gasteiger charge is 2.38. The van der Waals surface area contributed by atoms with Gasteiger partial charge in [0.2, 0.25) is 10.0 Å². The molecule has 1 fully saturated rings. The third-order valence-corrected chi connectivity index (χ3v) is 4.95. The molecule has 0 amide bonds. The molecular weight excluding hydrogens is 282 g/mol. The topological polar surface area (TPSA) is 72.9 Å². The minimum atomic E-state index is -3.59. The van der Waals surface area contributed by atoms with Gasteiger partial charge < -0.3 is 9.47 Å². The summed E-state index contributed by atoms with van der Waals surface area (Å²) in [6.45, 7) is 0.469. The van der Waals surface area contributed by atoms with Crippen LogP contribution in [0.4, 0.5) is 0 Å². The van der Waals surface area contributed by atoms with Gasteiger partial charge >= 0.3 is 5.97 Å². The maximum atomic E-state index is 12.4. The first-order chi connectivity index (χ1) is 9.54. The number of hydrogen-bond acceptors (Lipinski definition) is 5. The van der Waals surface area contributed by atoms with Crippen LogP contribution in [-0.4, -0.2) is 51.6 Å². The Kier molecular flexibility index (Phi) is 4.74. The van der Waals surface area contributed by atoms with E-state index in [-0.39, 0.29) is 25.5 Å². The normalized spacial score (nSPS) is 20.6. The Bertz CT molecular complexity index is 557. The number of sulfonamides is 1. The van der Waals surface area contributed by atoms with Crippen LogP contribution >= 0.6 is 0 Å². The number of morpholine rings is 1. The largest absolute Gasteiger partial charge is 0.468 e. The van der Waals surface area contributed by atoms with Crippen molar-refractivity contribution in [3.05, 3.63) is 35.9 Å². The number of benzene rings is 1. The van der Waals surface area contributed by atoms with Crippen LogP contribution in [0.5, 0.6) is 0 Å². The summed E-state index contributed by atoms with van der Waals surface area (Å²) in [7, 11) is -2.35. The maximum absolute atomic E-state index is 12.4. The molecule has 1 aliphatic rings. The Balaban J connectivity index is 2.20. The van der Waals surface area contributed by atoms with Gasteiger partial charge in [0.05, 0.1) is 26.1 Å². The van der Waals surface area contributed by atoms with Gasteiger partial charge in [0, 0.05) is 6.54 Å². The van der Waals surface area contributed by atoms with E-state index < -0.39 is 22.0 Å². The second kappa shape index (κ2) is 6.34. The summed E-state index contributed by atoms with van der Waals surface area (Å²) < 4.78 is 35.9. The van der Waals surface area contributed by atoms with Gasteiger partial charge in [-0.25, -0.2) is 8.42 Å². The molecule has 2 rings (SSSR count). The van der Waals surface area contributed by atoms with Gasteiger partial charge in [-0.05, 0) is 5.56 Å². The average molecular weight is 299 g/mol. The van der Waals surface area contributed by atoms with Crippen LogP contribution in [0.3, 0.4) is 0 Å². The number of rotatable bonds is 4. The van der Waals surface area contributed by atoms with Crippen LogP contribution in [0, 0.1) is 0 Å². The summed E-state index contributed by atoms with van der Waals surface area (Å²) in [5.74, 6) is -0.734. The van der Waals surface area contributed by atoms with Crippen LogP contribution in [-0.2, 0) is 30.0 Å². The number of ether oxygens (including phenoxy) is 2. The van der Waals surface area contributed by atoms with Gasteiger partial charge in [-0.15, -0.1) is 0 Å². The molecule has 0 radical (unpaired) electrons. The molecule has 1 atom stereocenters. The summed E-state index contributed by atoms with van der Waals surface area (Å²) in [6, 6.07) is 7.96. The highest BCUT2D eigenvalue weighted by atomic mass is 32.2. The lowest BCUT2D eigenvalue weighted by molar-refractivity contribution is -0.149. The Morgan fingerprint density at radius 2 is 2.10 bits per heavy atom. The molecule has 1 aliphatic heterocycles. The van der Waals surface area contributed by atoms with E-state index in [1.807, 2.05) is 6.07 Å². The minimum absolute atomic E-state index is 0.0285. The van der Waals surface area contributed by atoms with Crippen molar-refractivity contribution in [2.45, 2.75) is 11.8 Å². The molecule has 1 unspecified atom stereocenters. The molecule has 6 nitrogen and oxygen atoms in total. The summed E-state index contributed by atoms with van der Waals surface area (Å²) in [5.41, 5.74) is 0.683. The minimum Gasteiger partial charge on any atom is -0.468 e. The quantitative estimate of drug-likeness (QED) is 0.752. The molecule has 1 aromatic rings. The van der Waals surface area contributed by atoms with Gasteiger partial charge in [-0.3, -0.25) is 4.79 Å². The maximum Gasteiger partial charge on any atom is 0.326 e. The third-order valence-electron chi connectivity index (χ3n) is 3.10. The molecule has 7 heteroatoms. The standard InChI is InChI=1S/C13H17NO5S/c1-18-13(15)12-9-19-8-7-14(12)20(16,17)10-11-5-3-2-4-6-11/h2-6,12H,7-10H2,1H3. The van der Waals surface area contributed by atoms with Crippen molar-refractivity contribution in [3.63, 3.8) is 0 Å². The fourth-order valence-corrected chi connectivity index (χ4v) is 3.78. The number of methoxy groups -OCH3 is 1.